The highest BCUT2D eigenvalue weighted by Gasteiger charge is 1.92. The number of allylic oxidation sites excluding steroid dienone is 1. The van der Waals surface area contributed by atoms with Gasteiger partial charge < -0.3 is 5.11 Å². The molecule has 1 N–H and O–H groups in total. The maximum absolute atomic E-state index is 10.5. The third-order valence-corrected chi connectivity index (χ3v) is 0.934. The highest BCUT2D eigenvalue weighted by Crippen LogP contribution is 1.94. The van der Waals surface area contributed by atoms with Crippen LogP contribution < -0.4 is 0 Å². The van der Waals surface area contributed by atoms with E-state index in [2.05, 4.69) is 6.92 Å². The average Bonchev–Trinajstić information content (AvgIpc) is 1.85. The Morgan fingerprint density at radius 2 is 2.33 bits per heavy atom. The third kappa shape index (κ3) is 5.07. The zero-order valence-corrected chi connectivity index (χ0v) is 5.34. The summed E-state index contributed by atoms with van der Waals surface area (Å²) in [6, 6.07) is 0. The first-order chi connectivity index (χ1) is 4.31. The van der Waals surface area contributed by atoms with Crippen LogP contribution in [0.1, 0.15) is 19.3 Å². The highest BCUT2D eigenvalue weighted by molar-refractivity contribution is 5.89. The number of aliphatic hydroxyl groups excluding tert-OH is 1. The Morgan fingerprint density at radius 1 is 1.67 bits per heavy atom. The van der Waals surface area contributed by atoms with Gasteiger partial charge in [0.1, 0.15) is 0 Å². The molecule has 0 saturated heterocycles. The third-order valence-electron chi connectivity index (χ3n) is 0.934. The summed E-state index contributed by atoms with van der Waals surface area (Å²) in [7, 11) is 0. The van der Waals surface area contributed by atoms with Gasteiger partial charge in [-0.3, -0.25) is 4.79 Å². The van der Waals surface area contributed by atoms with Gasteiger partial charge in [-0.2, -0.15) is 0 Å². The van der Waals surface area contributed by atoms with E-state index >= 15 is 0 Å². The summed E-state index contributed by atoms with van der Waals surface area (Å²) >= 11 is 0. The van der Waals surface area contributed by atoms with Gasteiger partial charge in [0.25, 0.3) is 0 Å². The molecule has 0 atom stereocenters. The van der Waals surface area contributed by atoms with E-state index in [4.69, 9.17) is 5.11 Å². The number of rotatable bonds is 4. The SMILES string of the molecule is [CH2]CCCC(=O)/C=C/O. The summed E-state index contributed by atoms with van der Waals surface area (Å²) < 4.78 is 0. The molecular weight excluding hydrogens is 116 g/mol. The molecule has 0 fully saturated rings. The summed E-state index contributed by atoms with van der Waals surface area (Å²) in [5, 5.41) is 8.12. The predicted octanol–water partition coefficient (Wildman–Crippen LogP) is 1.63. The summed E-state index contributed by atoms with van der Waals surface area (Å²) in [6.45, 7) is 3.58. The molecule has 1 radical (unpaired) electrons. The molecule has 9 heavy (non-hydrogen) atoms. The molecule has 0 unspecified atom stereocenters. The fourth-order valence-corrected chi connectivity index (χ4v) is 0.466. The molecule has 0 aromatic carbocycles. The number of carbonyl (C=O) groups is 1. The van der Waals surface area contributed by atoms with Gasteiger partial charge in [-0.25, -0.2) is 0 Å². The van der Waals surface area contributed by atoms with Crippen molar-refractivity contribution >= 4 is 5.78 Å². The van der Waals surface area contributed by atoms with E-state index in [0.29, 0.717) is 6.42 Å². The first-order valence-corrected chi connectivity index (χ1v) is 2.94. The van der Waals surface area contributed by atoms with Crippen LogP contribution in [0.15, 0.2) is 12.3 Å². The Bertz CT molecular complexity index is 105. The van der Waals surface area contributed by atoms with E-state index in [1.165, 1.54) is 0 Å². The summed E-state index contributed by atoms with van der Waals surface area (Å²) in [5.41, 5.74) is 0. The largest absolute Gasteiger partial charge is 0.515 e. The van der Waals surface area contributed by atoms with Crippen LogP contribution in [-0.2, 0) is 4.79 Å². The minimum absolute atomic E-state index is 0.0406. The van der Waals surface area contributed by atoms with Crippen molar-refractivity contribution in [2.75, 3.05) is 0 Å². The number of ketones is 1. The van der Waals surface area contributed by atoms with Crippen molar-refractivity contribution in [2.45, 2.75) is 19.3 Å². The topological polar surface area (TPSA) is 37.3 Å². The average molecular weight is 127 g/mol. The van der Waals surface area contributed by atoms with Gasteiger partial charge in [0.15, 0.2) is 5.78 Å². The zero-order valence-electron chi connectivity index (χ0n) is 5.34. The van der Waals surface area contributed by atoms with Crippen molar-refractivity contribution in [3.63, 3.8) is 0 Å². The molecule has 0 aromatic heterocycles. The number of hydrogen-bond donors (Lipinski definition) is 1. The second-order valence-electron chi connectivity index (χ2n) is 1.74. The Morgan fingerprint density at radius 3 is 2.78 bits per heavy atom. The zero-order chi connectivity index (χ0) is 7.11. The second kappa shape index (κ2) is 5.35. The van der Waals surface area contributed by atoms with E-state index in [1.54, 1.807) is 0 Å². The highest BCUT2D eigenvalue weighted by atomic mass is 16.2. The van der Waals surface area contributed by atoms with Crippen LogP contribution in [-0.4, -0.2) is 10.9 Å². The van der Waals surface area contributed by atoms with Crippen LogP contribution in [0.3, 0.4) is 0 Å². The molecule has 51 valence electrons. The molecule has 0 aliphatic heterocycles. The number of hydrogen-bond acceptors (Lipinski definition) is 2. The Labute approximate surface area is 55.2 Å². The lowest BCUT2D eigenvalue weighted by Crippen LogP contribution is -1.90. The van der Waals surface area contributed by atoms with Crippen LogP contribution in [0.4, 0.5) is 0 Å². The molecule has 0 heterocycles. The standard InChI is InChI=1S/C7H11O2/c1-2-3-4-7(9)5-6-8/h5-6,8H,1-4H2/b6-5+. The van der Waals surface area contributed by atoms with Gasteiger partial charge in [-0.05, 0) is 6.42 Å². The fourth-order valence-electron chi connectivity index (χ4n) is 0.466. The van der Waals surface area contributed by atoms with Gasteiger partial charge in [0, 0.05) is 12.5 Å². The maximum atomic E-state index is 10.5. The molecule has 0 aliphatic carbocycles. The normalized spacial score (nSPS) is 10.3. The lowest BCUT2D eigenvalue weighted by atomic mass is 10.2. The smallest absolute Gasteiger partial charge is 0.158 e. The molecular formula is C7H11O2. The van der Waals surface area contributed by atoms with Crippen molar-refractivity contribution in [2.24, 2.45) is 0 Å². The van der Waals surface area contributed by atoms with Crippen molar-refractivity contribution in [1.82, 2.24) is 0 Å². The lowest BCUT2D eigenvalue weighted by molar-refractivity contribution is -0.114. The molecule has 0 aromatic rings. The van der Waals surface area contributed by atoms with Crippen LogP contribution >= 0.6 is 0 Å². The van der Waals surface area contributed by atoms with E-state index in [1.807, 2.05) is 0 Å². The van der Waals surface area contributed by atoms with Crippen LogP contribution in [0.2, 0.25) is 0 Å². The minimum atomic E-state index is -0.0406. The first kappa shape index (κ1) is 8.21. The molecule has 0 aliphatic rings. The van der Waals surface area contributed by atoms with E-state index in [9.17, 15) is 4.79 Å². The maximum Gasteiger partial charge on any atom is 0.158 e. The van der Waals surface area contributed by atoms with Crippen molar-refractivity contribution in [1.29, 1.82) is 0 Å². The number of aliphatic hydroxyl groups is 1. The Hall–Kier alpha value is -0.790. The minimum Gasteiger partial charge on any atom is -0.515 e. The van der Waals surface area contributed by atoms with Crippen LogP contribution in [0.25, 0.3) is 0 Å². The van der Waals surface area contributed by atoms with E-state index in [0.717, 1.165) is 25.2 Å². The quantitative estimate of drug-likeness (QED) is 0.460. The van der Waals surface area contributed by atoms with Gasteiger partial charge in [-0.15, -0.1) is 0 Å². The molecule has 0 rings (SSSR count). The molecule has 0 amide bonds. The predicted molar refractivity (Wildman–Crippen MR) is 36.0 cm³/mol. The summed E-state index contributed by atoms with van der Waals surface area (Å²) in [4.78, 5) is 10.5. The first-order valence-electron chi connectivity index (χ1n) is 2.94. The van der Waals surface area contributed by atoms with Crippen molar-refractivity contribution in [3.8, 4) is 0 Å². The van der Waals surface area contributed by atoms with Crippen molar-refractivity contribution < 1.29 is 9.90 Å². The van der Waals surface area contributed by atoms with Gasteiger partial charge >= 0.3 is 0 Å². The second-order valence-corrected chi connectivity index (χ2v) is 1.74. The van der Waals surface area contributed by atoms with E-state index < -0.39 is 0 Å². The van der Waals surface area contributed by atoms with Crippen molar-refractivity contribution in [3.05, 3.63) is 19.3 Å². The van der Waals surface area contributed by atoms with Crippen LogP contribution in [0.5, 0.6) is 0 Å². The van der Waals surface area contributed by atoms with Gasteiger partial charge in [0.2, 0.25) is 0 Å². The molecule has 0 bridgehead atoms. The fraction of sp³-hybridized carbons (Fsp3) is 0.429. The number of carbonyl (C=O) groups excluding carboxylic acids is 1. The Kier molecular flexibility index (Phi) is 4.88. The molecule has 0 spiro atoms. The monoisotopic (exact) mass is 127 g/mol. The van der Waals surface area contributed by atoms with Gasteiger partial charge in [-0.1, -0.05) is 13.3 Å². The summed E-state index contributed by atoms with van der Waals surface area (Å²) in [5.74, 6) is -0.0406. The molecule has 2 heteroatoms. The van der Waals surface area contributed by atoms with E-state index in [-0.39, 0.29) is 5.78 Å². The van der Waals surface area contributed by atoms with Crippen LogP contribution in [0, 0.1) is 6.92 Å². The van der Waals surface area contributed by atoms with Gasteiger partial charge in [0.05, 0.1) is 6.26 Å². The number of unbranched alkanes of at least 4 members (excludes halogenated alkanes) is 1. The molecule has 2 nitrogen and oxygen atoms in total. The summed E-state index contributed by atoms with van der Waals surface area (Å²) in [6.07, 6.45) is 3.98. The Balaban J connectivity index is 3.27. The molecule has 0 saturated carbocycles. The lowest BCUT2D eigenvalue weighted by Gasteiger charge is -1.88.